The quantitative estimate of drug-likeness (QED) is 0.557. The zero-order valence-electron chi connectivity index (χ0n) is 9.77. The van der Waals surface area contributed by atoms with Crippen molar-refractivity contribution in [3.63, 3.8) is 0 Å². The Hall–Kier alpha value is -0.0400. The summed E-state index contributed by atoms with van der Waals surface area (Å²) in [5, 5.41) is 0. The first-order valence-corrected chi connectivity index (χ1v) is 5.91. The fourth-order valence-electron chi connectivity index (χ4n) is 2.84. The second kappa shape index (κ2) is 4.45. The van der Waals surface area contributed by atoms with Crippen molar-refractivity contribution in [1.29, 1.82) is 0 Å². The number of likely N-dealkylation sites (tertiary alicyclic amines) is 1. The molecule has 0 bridgehead atoms. The van der Waals surface area contributed by atoms with E-state index in [0.717, 1.165) is 11.3 Å². The third-order valence-corrected chi connectivity index (χ3v) is 3.92. The summed E-state index contributed by atoms with van der Waals surface area (Å²) in [6.07, 6.45) is 5.91. The highest BCUT2D eigenvalue weighted by atomic mass is 15.1. The van der Waals surface area contributed by atoms with Crippen LogP contribution in [0.2, 0.25) is 0 Å². The van der Waals surface area contributed by atoms with Crippen molar-refractivity contribution in [2.75, 3.05) is 20.1 Å². The summed E-state index contributed by atoms with van der Waals surface area (Å²) in [6, 6.07) is 0. The predicted molar refractivity (Wildman–Crippen MR) is 58.9 cm³/mol. The van der Waals surface area contributed by atoms with Gasteiger partial charge in [-0.15, -0.1) is 0 Å². The average molecular weight is 183 g/mol. The first-order chi connectivity index (χ1) is 6.23. The summed E-state index contributed by atoms with van der Waals surface area (Å²) in [4.78, 5) is 2.51. The Bertz CT molecular complexity index is 155. The van der Waals surface area contributed by atoms with Crippen molar-refractivity contribution < 1.29 is 0 Å². The lowest BCUT2D eigenvalue weighted by atomic mass is 9.57. The normalized spacial score (nSPS) is 39.2. The molecule has 1 saturated heterocycles. The lowest BCUT2D eigenvalue weighted by Crippen LogP contribution is -2.50. The number of hydrogen-bond acceptors (Lipinski definition) is 1. The highest BCUT2D eigenvalue weighted by Crippen LogP contribution is 2.51. The van der Waals surface area contributed by atoms with E-state index in [1.165, 1.54) is 38.8 Å². The van der Waals surface area contributed by atoms with Gasteiger partial charge in [0.15, 0.2) is 0 Å². The Balaban J connectivity index is 0.000000396. The lowest BCUT2D eigenvalue weighted by molar-refractivity contribution is -0.0261. The molecular formula is C12H25N. The van der Waals surface area contributed by atoms with E-state index in [2.05, 4.69) is 18.9 Å². The Morgan fingerprint density at radius 3 is 2.23 bits per heavy atom. The van der Waals surface area contributed by atoms with Crippen LogP contribution in [-0.4, -0.2) is 25.0 Å². The summed E-state index contributed by atoms with van der Waals surface area (Å²) in [5.41, 5.74) is 0.757. The molecule has 1 spiro atoms. The van der Waals surface area contributed by atoms with Gasteiger partial charge in [0.1, 0.15) is 0 Å². The molecule has 2 atom stereocenters. The minimum atomic E-state index is 0.757. The number of piperidine rings is 1. The Morgan fingerprint density at radius 2 is 1.92 bits per heavy atom. The Morgan fingerprint density at radius 1 is 1.23 bits per heavy atom. The largest absolute Gasteiger partial charge is 0.306 e. The first kappa shape index (κ1) is 11.0. The maximum Gasteiger partial charge on any atom is 0.00375 e. The zero-order valence-corrected chi connectivity index (χ0v) is 9.77. The van der Waals surface area contributed by atoms with Crippen LogP contribution in [0.3, 0.4) is 0 Å². The molecule has 1 heterocycles. The van der Waals surface area contributed by atoms with E-state index in [0.29, 0.717) is 0 Å². The highest BCUT2D eigenvalue weighted by molar-refractivity contribution is 4.97. The molecule has 1 aliphatic carbocycles. The lowest BCUT2D eigenvalue weighted by Gasteiger charge is -2.53. The fourth-order valence-corrected chi connectivity index (χ4v) is 2.84. The van der Waals surface area contributed by atoms with Crippen LogP contribution in [0.5, 0.6) is 0 Å². The molecule has 1 nitrogen and oxygen atoms in total. The highest BCUT2D eigenvalue weighted by Gasteiger charge is 2.45. The molecule has 2 rings (SSSR count). The van der Waals surface area contributed by atoms with Crippen molar-refractivity contribution in [1.82, 2.24) is 4.90 Å². The summed E-state index contributed by atoms with van der Waals surface area (Å²) < 4.78 is 0. The van der Waals surface area contributed by atoms with E-state index in [1.54, 1.807) is 0 Å². The van der Waals surface area contributed by atoms with Gasteiger partial charge >= 0.3 is 0 Å². The Kier molecular flexibility index (Phi) is 3.78. The molecule has 1 aliphatic heterocycles. The van der Waals surface area contributed by atoms with Crippen molar-refractivity contribution in [2.45, 2.75) is 46.5 Å². The third-order valence-electron chi connectivity index (χ3n) is 3.92. The molecule has 13 heavy (non-hydrogen) atoms. The maximum absolute atomic E-state index is 2.51. The van der Waals surface area contributed by atoms with Gasteiger partial charge in [0.05, 0.1) is 0 Å². The van der Waals surface area contributed by atoms with Crippen LogP contribution < -0.4 is 0 Å². The summed E-state index contributed by atoms with van der Waals surface area (Å²) in [5.74, 6) is 1.00. The summed E-state index contributed by atoms with van der Waals surface area (Å²) in [7, 11) is 2.27. The standard InChI is InChI=1S/C10H19N.C2H6/c1-9-4-6-10(9)5-3-7-11(2)8-10;1-2/h9H,3-8H2,1-2H3;1-2H3/t9?,10-;/m1./s1. The SMILES string of the molecule is CC.CC1CC[C@@]12CCCN(C)C2. The maximum atomic E-state index is 2.51. The van der Waals surface area contributed by atoms with Gasteiger partial charge in [0.2, 0.25) is 0 Å². The van der Waals surface area contributed by atoms with E-state index in [-0.39, 0.29) is 0 Å². The van der Waals surface area contributed by atoms with Crippen LogP contribution >= 0.6 is 0 Å². The van der Waals surface area contributed by atoms with E-state index < -0.39 is 0 Å². The van der Waals surface area contributed by atoms with Crippen LogP contribution in [0.15, 0.2) is 0 Å². The van der Waals surface area contributed by atoms with Crippen LogP contribution in [0, 0.1) is 11.3 Å². The topological polar surface area (TPSA) is 3.24 Å². The monoisotopic (exact) mass is 183 g/mol. The van der Waals surface area contributed by atoms with Gasteiger partial charge < -0.3 is 4.90 Å². The molecule has 0 amide bonds. The molecule has 78 valence electrons. The Labute approximate surface area is 83.5 Å². The second-order valence-electron chi connectivity index (χ2n) is 4.64. The van der Waals surface area contributed by atoms with E-state index in [9.17, 15) is 0 Å². The van der Waals surface area contributed by atoms with Crippen LogP contribution in [-0.2, 0) is 0 Å². The first-order valence-electron chi connectivity index (χ1n) is 5.91. The van der Waals surface area contributed by atoms with Crippen LogP contribution in [0.25, 0.3) is 0 Å². The van der Waals surface area contributed by atoms with Crippen molar-refractivity contribution >= 4 is 0 Å². The van der Waals surface area contributed by atoms with Gasteiger partial charge in [-0.25, -0.2) is 0 Å². The van der Waals surface area contributed by atoms with Gasteiger partial charge in [-0.2, -0.15) is 0 Å². The molecule has 0 aromatic rings. The summed E-state index contributed by atoms with van der Waals surface area (Å²) >= 11 is 0. The summed E-state index contributed by atoms with van der Waals surface area (Å²) in [6.45, 7) is 9.13. The van der Waals surface area contributed by atoms with Gasteiger partial charge in [0.25, 0.3) is 0 Å². The van der Waals surface area contributed by atoms with E-state index >= 15 is 0 Å². The smallest absolute Gasteiger partial charge is 0.00375 e. The van der Waals surface area contributed by atoms with Gasteiger partial charge in [-0.1, -0.05) is 20.8 Å². The fraction of sp³-hybridized carbons (Fsp3) is 1.00. The van der Waals surface area contributed by atoms with Crippen LogP contribution in [0.1, 0.15) is 46.5 Å². The average Bonchev–Trinajstić information content (AvgIpc) is 2.19. The van der Waals surface area contributed by atoms with Crippen molar-refractivity contribution in [2.24, 2.45) is 11.3 Å². The molecule has 1 saturated carbocycles. The number of rotatable bonds is 0. The molecule has 0 aromatic carbocycles. The minimum Gasteiger partial charge on any atom is -0.306 e. The van der Waals surface area contributed by atoms with Crippen molar-refractivity contribution in [3.05, 3.63) is 0 Å². The minimum absolute atomic E-state index is 0.757. The van der Waals surface area contributed by atoms with Gasteiger partial charge in [-0.3, -0.25) is 0 Å². The van der Waals surface area contributed by atoms with Gasteiger partial charge in [-0.05, 0) is 50.6 Å². The van der Waals surface area contributed by atoms with E-state index in [1.807, 2.05) is 13.8 Å². The second-order valence-corrected chi connectivity index (χ2v) is 4.64. The molecule has 2 fully saturated rings. The molecule has 0 radical (unpaired) electrons. The van der Waals surface area contributed by atoms with Crippen molar-refractivity contribution in [3.8, 4) is 0 Å². The third kappa shape index (κ3) is 2.07. The molecular weight excluding hydrogens is 158 g/mol. The number of nitrogens with zero attached hydrogens (tertiary/aromatic N) is 1. The molecule has 0 aromatic heterocycles. The van der Waals surface area contributed by atoms with E-state index in [4.69, 9.17) is 0 Å². The number of hydrogen-bond donors (Lipinski definition) is 0. The van der Waals surface area contributed by atoms with Crippen LogP contribution in [0.4, 0.5) is 0 Å². The predicted octanol–water partition coefficient (Wildman–Crippen LogP) is 3.15. The molecule has 1 unspecified atom stereocenters. The molecule has 2 aliphatic rings. The zero-order chi connectivity index (χ0) is 9.90. The molecule has 0 N–H and O–H groups in total. The van der Waals surface area contributed by atoms with Gasteiger partial charge in [0, 0.05) is 6.54 Å². The molecule has 1 heteroatoms.